The second-order valence-corrected chi connectivity index (χ2v) is 5.14. The molecule has 1 aliphatic rings. The molecular formula is C12H17BrN2. The molecule has 0 radical (unpaired) electrons. The maximum absolute atomic E-state index is 5.90. The molecule has 0 amide bonds. The molecule has 0 spiro atoms. The monoisotopic (exact) mass is 268 g/mol. The number of halogens is 1. The zero-order chi connectivity index (χ0) is 10.8. The van der Waals surface area contributed by atoms with Gasteiger partial charge in [0, 0.05) is 22.2 Å². The van der Waals surface area contributed by atoms with Crippen LogP contribution in [0.25, 0.3) is 0 Å². The van der Waals surface area contributed by atoms with Gasteiger partial charge in [-0.15, -0.1) is 0 Å². The van der Waals surface area contributed by atoms with Gasteiger partial charge in [-0.05, 0) is 53.7 Å². The van der Waals surface area contributed by atoms with Crippen LogP contribution in [0.1, 0.15) is 24.8 Å². The zero-order valence-electron chi connectivity index (χ0n) is 8.96. The van der Waals surface area contributed by atoms with Crippen LogP contribution in [0.3, 0.4) is 0 Å². The highest BCUT2D eigenvalue weighted by molar-refractivity contribution is 9.10. The van der Waals surface area contributed by atoms with E-state index in [1.165, 1.54) is 22.1 Å². The summed E-state index contributed by atoms with van der Waals surface area (Å²) in [6.07, 6.45) is 3.41. The molecule has 2 rings (SSSR count). The highest BCUT2D eigenvalue weighted by atomic mass is 79.9. The Hall–Kier alpha value is -0.540. The van der Waals surface area contributed by atoms with E-state index in [9.17, 15) is 0 Å². The Labute approximate surface area is 99.4 Å². The van der Waals surface area contributed by atoms with Crippen LogP contribution in [0.5, 0.6) is 0 Å². The number of anilines is 1. The van der Waals surface area contributed by atoms with E-state index in [2.05, 4.69) is 46.4 Å². The van der Waals surface area contributed by atoms with Crippen LogP contribution >= 0.6 is 15.9 Å². The van der Waals surface area contributed by atoms with E-state index in [-0.39, 0.29) is 0 Å². The minimum atomic E-state index is 0.381. The summed E-state index contributed by atoms with van der Waals surface area (Å²) in [7, 11) is 0. The molecule has 2 nitrogen and oxygen atoms in total. The summed E-state index contributed by atoms with van der Waals surface area (Å²) in [6.45, 7) is 2.11. The van der Waals surface area contributed by atoms with Crippen molar-refractivity contribution in [2.75, 3.05) is 5.32 Å². The summed E-state index contributed by atoms with van der Waals surface area (Å²) in [5.41, 5.74) is 8.35. The molecule has 82 valence electrons. The molecule has 1 aromatic rings. The highest BCUT2D eigenvalue weighted by Gasteiger charge is 2.21. The number of nitrogens with two attached hydrogens (primary N) is 1. The fraction of sp³-hybridized carbons (Fsp3) is 0.500. The highest BCUT2D eigenvalue weighted by Crippen LogP contribution is 2.29. The molecule has 0 aliphatic heterocycles. The van der Waals surface area contributed by atoms with Crippen LogP contribution in [0.15, 0.2) is 22.7 Å². The fourth-order valence-corrected chi connectivity index (χ4v) is 2.51. The van der Waals surface area contributed by atoms with Gasteiger partial charge in [0.2, 0.25) is 0 Å². The normalized spacial score (nSPS) is 25.5. The average Bonchev–Trinajstić information content (AvgIpc) is 2.59. The van der Waals surface area contributed by atoms with Gasteiger partial charge in [0.25, 0.3) is 0 Å². The van der Waals surface area contributed by atoms with Crippen molar-refractivity contribution < 1.29 is 0 Å². The Balaban J connectivity index is 2.07. The molecule has 1 aliphatic carbocycles. The number of nitrogens with one attached hydrogen (secondary N) is 1. The van der Waals surface area contributed by atoms with Crippen molar-refractivity contribution >= 4 is 21.6 Å². The van der Waals surface area contributed by atoms with Crippen LogP contribution in [-0.4, -0.2) is 12.1 Å². The van der Waals surface area contributed by atoms with Gasteiger partial charge in [-0.25, -0.2) is 0 Å². The molecule has 3 heteroatoms. The smallest absolute Gasteiger partial charge is 0.0489 e. The molecule has 2 atom stereocenters. The summed E-state index contributed by atoms with van der Waals surface area (Å²) < 4.78 is 1.17. The number of hydrogen-bond acceptors (Lipinski definition) is 2. The van der Waals surface area contributed by atoms with Crippen LogP contribution in [-0.2, 0) is 0 Å². The first-order chi connectivity index (χ1) is 7.16. The Morgan fingerprint density at radius 1 is 1.40 bits per heavy atom. The Bertz CT molecular complexity index is 351. The molecule has 3 N–H and O–H groups in total. The lowest BCUT2D eigenvalue weighted by atomic mass is 10.2. The molecule has 0 bridgehead atoms. The molecule has 15 heavy (non-hydrogen) atoms. The molecule has 1 fully saturated rings. The first-order valence-electron chi connectivity index (χ1n) is 5.44. The Kier molecular flexibility index (Phi) is 3.32. The number of rotatable bonds is 2. The van der Waals surface area contributed by atoms with Gasteiger partial charge in [0.1, 0.15) is 0 Å². The largest absolute Gasteiger partial charge is 0.381 e. The van der Waals surface area contributed by atoms with Gasteiger partial charge < -0.3 is 11.1 Å². The summed E-state index contributed by atoms with van der Waals surface area (Å²) in [5.74, 6) is 0. The minimum absolute atomic E-state index is 0.381. The third-order valence-corrected chi connectivity index (χ3v) is 4.08. The predicted molar refractivity (Wildman–Crippen MR) is 68.1 cm³/mol. The Morgan fingerprint density at radius 3 is 2.87 bits per heavy atom. The van der Waals surface area contributed by atoms with E-state index in [1.807, 2.05) is 0 Å². The zero-order valence-corrected chi connectivity index (χ0v) is 10.5. The van der Waals surface area contributed by atoms with Crippen molar-refractivity contribution in [1.82, 2.24) is 0 Å². The third kappa shape index (κ3) is 2.52. The van der Waals surface area contributed by atoms with Crippen LogP contribution < -0.4 is 11.1 Å². The van der Waals surface area contributed by atoms with Gasteiger partial charge >= 0.3 is 0 Å². The molecule has 0 saturated heterocycles. The number of hydrogen-bond donors (Lipinski definition) is 2. The van der Waals surface area contributed by atoms with Gasteiger partial charge in [0.15, 0.2) is 0 Å². The average molecular weight is 269 g/mol. The van der Waals surface area contributed by atoms with Crippen molar-refractivity contribution in [1.29, 1.82) is 0 Å². The lowest BCUT2D eigenvalue weighted by Crippen LogP contribution is -2.20. The molecule has 0 heterocycles. The summed E-state index contributed by atoms with van der Waals surface area (Å²) >= 11 is 3.61. The summed E-state index contributed by atoms with van der Waals surface area (Å²) in [4.78, 5) is 0. The van der Waals surface area contributed by atoms with Gasteiger partial charge in [-0.3, -0.25) is 0 Å². The van der Waals surface area contributed by atoms with Crippen molar-refractivity contribution in [2.24, 2.45) is 5.73 Å². The SMILES string of the molecule is Cc1cccc(NC2CCC(N)C2)c1Br. The first-order valence-corrected chi connectivity index (χ1v) is 6.23. The Morgan fingerprint density at radius 2 is 2.20 bits per heavy atom. The fourth-order valence-electron chi connectivity index (χ4n) is 2.13. The van der Waals surface area contributed by atoms with Crippen LogP contribution in [0.4, 0.5) is 5.69 Å². The minimum Gasteiger partial charge on any atom is -0.381 e. The van der Waals surface area contributed by atoms with E-state index >= 15 is 0 Å². The maximum Gasteiger partial charge on any atom is 0.0489 e. The lowest BCUT2D eigenvalue weighted by molar-refractivity contribution is 0.687. The molecule has 2 unspecified atom stereocenters. The first kappa shape index (κ1) is 11.0. The molecule has 1 saturated carbocycles. The predicted octanol–water partition coefficient (Wildman–Crippen LogP) is 3.05. The second kappa shape index (κ2) is 4.54. The second-order valence-electron chi connectivity index (χ2n) is 4.35. The summed E-state index contributed by atoms with van der Waals surface area (Å²) in [6, 6.07) is 7.22. The lowest BCUT2D eigenvalue weighted by Gasteiger charge is -2.16. The van der Waals surface area contributed by atoms with Crippen molar-refractivity contribution in [3.63, 3.8) is 0 Å². The quantitative estimate of drug-likeness (QED) is 0.866. The van der Waals surface area contributed by atoms with Crippen molar-refractivity contribution in [2.45, 2.75) is 38.3 Å². The standard InChI is InChI=1S/C12H17BrN2/c1-8-3-2-4-11(12(8)13)15-10-6-5-9(14)7-10/h2-4,9-10,15H,5-7,14H2,1H3. The summed E-state index contributed by atoms with van der Waals surface area (Å²) in [5, 5.41) is 3.55. The van der Waals surface area contributed by atoms with Crippen LogP contribution in [0.2, 0.25) is 0 Å². The molecule has 0 aromatic heterocycles. The topological polar surface area (TPSA) is 38.0 Å². The van der Waals surface area contributed by atoms with E-state index < -0.39 is 0 Å². The number of aryl methyl sites for hydroxylation is 1. The van der Waals surface area contributed by atoms with Crippen molar-refractivity contribution in [3.05, 3.63) is 28.2 Å². The van der Waals surface area contributed by atoms with Gasteiger partial charge in [-0.2, -0.15) is 0 Å². The van der Waals surface area contributed by atoms with E-state index in [0.717, 1.165) is 12.8 Å². The van der Waals surface area contributed by atoms with Crippen LogP contribution in [0, 0.1) is 6.92 Å². The molecule has 1 aromatic carbocycles. The van der Waals surface area contributed by atoms with E-state index in [4.69, 9.17) is 5.73 Å². The van der Waals surface area contributed by atoms with Crippen molar-refractivity contribution in [3.8, 4) is 0 Å². The maximum atomic E-state index is 5.90. The van der Waals surface area contributed by atoms with Gasteiger partial charge in [0.05, 0.1) is 0 Å². The van der Waals surface area contributed by atoms with Gasteiger partial charge in [-0.1, -0.05) is 12.1 Å². The third-order valence-electron chi connectivity index (χ3n) is 3.02. The van der Waals surface area contributed by atoms with E-state index in [1.54, 1.807) is 0 Å². The molecular weight excluding hydrogens is 252 g/mol. The number of benzene rings is 1. The van der Waals surface area contributed by atoms with E-state index in [0.29, 0.717) is 12.1 Å².